The van der Waals surface area contributed by atoms with Gasteiger partial charge in [0.15, 0.2) is 0 Å². The van der Waals surface area contributed by atoms with Crippen molar-refractivity contribution in [2.45, 2.75) is 44.3 Å². The summed E-state index contributed by atoms with van der Waals surface area (Å²) in [5, 5.41) is 21.9. The highest BCUT2D eigenvalue weighted by Crippen LogP contribution is 2.28. The Labute approximate surface area is 171 Å². The molecular weight excluding hydrogens is 366 g/mol. The van der Waals surface area contributed by atoms with E-state index in [1.165, 1.54) is 4.90 Å². The summed E-state index contributed by atoms with van der Waals surface area (Å²) in [6.07, 6.45) is 2.80. The van der Waals surface area contributed by atoms with Crippen molar-refractivity contribution in [2.24, 2.45) is 0 Å². The van der Waals surface area contributed by atoms with Gasteiger partial charge in [-0.3, -0.25) is 0 Å². The van der Waals surface area contributed by atoms with E-state index >= 15 is 0 Å². The van der Waals surface area contributed by atoms with Gasteiger partial charge in [0.25, 0.3) is 0 Å². The number of carbonyl (C=O) groups is 1. The monoisotopic (exact) mass is 393 g/mol. The lowest BCUT2D eigenvalue weighted by Crippen LogP contribution is -2.42. The van der Waals surface area contributed by atoms with Crippen LogP contribution in [-0.2, 0) is 6.54 Å². The van der Waals surface area contributed by atoms with Gasteiger partial charge in [-0.05, 0) is 61.1 Å². The highest BCUT2D eigenvalue weighted by Gasteiger charge is 2.26. The van der Waals surface area contributed by atoms with Crippen LogP contribution < -0.4 is 10.1 Å². The van der Waals surface area contributed by atoms with Crippen LogP contribution in [0.1, 0.15) is 36.8 Å². The van der Waals surface area contributed by atoms with Gasteiger partial charge in [0, 0.05) is 31.2 Å². The zero-order valence-corrected chi connectivity index (χ0v) is 16.9. The van der Waals surface area contributed by atoms with Gasteiger partial charge in [-0.25, -0.2) is 4.79 Å². The number of benzene rings is 2. The Hall–Kier alpha value is -3.04. The molecule has 0 saturated heterocycles. The van der Waals surface area contributed by atoms with Crippen molar-refractivity contribution >= 4 is 6.09 Å². The van der Waals surface area contributed by atoms with Crippen molar-refractivity contribution in [1.29, 1.82) is 5.26 Å². The van der Waals surface area contributed by atoms with Crippen LogP contribution >= 0.6 is 0 Å². The third-order valence-electron chi connectivity index (χ3n) is 5.73. The number of hydrogen-bond donors (Lipinski definition) is 2. The number of hydrogen-bond acceptors (Lipinski definition) is 4. The van der Waals surface area contributed by atoms with Crippen LogP contribution in [0.5, 0.6) is 5.75 Å². The smallest absolute Gasteiger partial charge is 0.407 e. The maximum absolute atomic E-state index is 11.1. The normalized spacial score (nSPS) is 18.7. The maximum atomic E-state index is 11.1. The average molecular weight is 393 g/mol. The second kappa shape index (κ2) is 9.44. The van der Waals surface area contributed by atoms with Gasteiger partial charge in [-0.2, -0.15) is 5.26 Å². The fraction of sp³-hybridized carbons (Fsp3) is 0.391. The van der Waals surface area contributed by atoms with Crippen LogP contribution in [0.25, 0.3) is 11.1 Å². The molecule has 152 valence electrons. The summed E-state index contributed by atoms with van der Waals surface area (Å²) in [6, 6.07) is 16.3. The van der Waals surface area contributed by atoms with Crippen LogP contribution in [0.2, 0.25) is 0 Å². The molecule has 2 N–H and O–H groups in total. The molecule has 3 rings (SSSR count). The van der Waals surface area contributed by atoms with Crippen molar-refractivity contribution in [3.05, 3.63) is 53.6 Å². The molecule has 2 aromatic carbocycles. The third kappa shape index (κ3) is 5.07. The van der Waals surface area contributed by atoms with Gasteiger partial charge in [0.05, 0.1) is 18.7 Å². The van der Waals surface area contributed by atoms with E-state index in [1.807, 2.05) is 30.3 Å². The van der Waals surface area contributed by atoms with Gasteiger partial charge in [0.1, 0.15) is 5.75 Å². The maximum Gasteiger partial charge on any atom is 0.407 e. The first kappa shape index (κ1) is 20.7. The molecular formula is C23H27N3O3. The predicted octanol–water partition coefficient (Wildman–Crippen LogP) is 4.24. The van der Waals surface area contributed by atoms with Gasteiger partial charge in [-0.15, -0.1) is 0 Å². The first-order valence-corrected chi connectivity index (χ1v) is 9.88. The molecule has 0 heterocycles. The fourth-order valence-electron chi connectivity index (χ4n) is 3.94. The standard InChI is InChI=1S/C23H27N3O3/c1-26(23(27)28)21-9-7-20(8-10-21)25-15-19-13-18(6-11-22(19)29-2)17-5-3-4-16(12-17)14-24/h3-6,11-13,20-21,25H,7-10,15H2,1-2H3,(H,27,28). The van der Waals surface area contributed by atoms with E-state index in [-0.39, 0.29) is 6.04 Å². The molecule has 0 atom stereocenters. The first-order chi connectivity index (χ1) is 14.0. The Morgan fingerprint density at radius 1 is 1.21 bits per heavy atom. The zero-order valence-electron chi connectivity index (χ0n) is 16.9. The molecule has 0 aromatic heterocycles. The molecule has 0 radical (unpaired) electrons. The Morgan fingerprint density at radius 2 is 1.93 bits per heavy atom. The molecule has 1 aliphatic rings. The molecule has 0 spiro atoms. The van der Waals surface area contributed by atoms with Crippen molar-refractivity contribution in [2.75, 3.05) is 14.2 Å². The van der Waals surface area contributed by atoms with Crippen molar-refractivity contribution in [3.63, 3.8) is 0 Å². The largest absolute Gasteiger partial charge is 0.496 e. The minimum atomic E-state index is -0.858. The SMILES string of the molecule is COc1ccc(-c2cccc(C#N)c2)cc1CNC1CCC(N(C)C(=O)O)CC1. The van der Waals surface area contributed by atoms with Crippen LogP contribution in [0.15, 0.2) is 42.5 Å². The van der Waals surface area contributed by atoms with Crippen molar-refractivity contribution < 1.29 is 14.6 Å². The van der Waals surface area contributed by atoms with Crippen LogP contribution in [0.3, 0.4) is 0 Å². The predicted molar refractivity (Wildman–Crippen MR) is 112 cm³/mol. The Balaban J connectivity index is 1.66. The first-order valence-electron chi connectivity index (χ1n) is 9.88. The molecule has 0 aliphatic heterocycles. The number of ether oxygens (including phenoxy) is 1. The number of rotatable bonds is 6. The van der Waals surface area contributed by atoms with Gasteiger partial charge < -0.3 is 20.1 Å². The highest BCUT2D eigenvalue weighted by molar-refractivity contribution is 5.67. The summed E-state index contributed by atoms with van der Waals surface area (Å²) in [5.41, 5.74) is 3.76. The highest BCUT2D eigenvalue weighted by atomic mass is 16.5. The number of amides is 1. The van der Waals surface area contributed by atoms with Crippen molar-refractivity contribution in [1.82, 2.24) is 10.2 Å². The van der Waals surface area contributed by atoms with Crippen LogP contribution in [-0.4, -0.2) is 42.3 Å². The molecule has 29 heavy (non-hydrogen) atoms. The zero-order chi connectivity index (χ0) is 20.8. The summed E-state index contributed by atoms with van der Waals surface area (Å²) in [4.78, 5) is 12.6. The lowest BCUT2D eigenvalue weighted by atomic mass is 9.90. The van der Waals surface area contributed by atoms with E-state index in [2.05, 4.69) is 17.5 Å². The molecule has 0 bridgehead atoms. The number of methoxy groups -OCH3 is 1. The fourth-order valence-corrected chi connectivity index (χ4v) is 3.94. The Kier molecular flexibility index (Phi) is 6.73. The summed E-state index contributed by atoms with van der Waals surface area (Å²) in [6.45, 7) is 0.680. The number of nitriles is 1. The molecule has 1 amide bonds. The second-order valence-corrected chi connectivity index (χ2v) is 7.50. The molecule has 6 nitrogen and oxygen atoms in total. The minimum Gasteiger partial charge on any atom is -0.496 e. The molecule has 1 aliphatic carbocycles. The van der Waals surface area contributed by atoms with Gasteiger partial charge in [0.2, 0.25) is 0 Å². The quantitative estimate of drug-likeness (QED) is 0.766. The van der Waals surface area contributed by atoms with E-state index < -0.39 is 6.09 Å². The molecule has 0 unspecified atom stereocenters. The summed E-state index contributed by atoms with van der Waals surface area (Å²) < 4.78 is 5.53. The van der Waals surface area contributed by atoms with E-state index in [0.717, 1.165) is 48.1 Å². The van der Waals surface area contributed by atoms with E-state index in [4.69, 9.17) is 15.1 Å². The lowest BCUT2D eigenvalue weighted by molar-refractivity contribution is 0.122. The summed E-state index contributed by atoms with van der Waals surface area (Å²) in [7, 11) is 3.32. The topological polar surface area (TPSA) is 85.6 Å². The number of carboxylic acid groups (broad SMARTS) is 1. The second-order valence-electron chi connectivity index (χ2n) is 7.50. The van der Waals surface area contributed by atoms with E-state index in [1.54, 1.807) is 20.2 Å². The Morgan fingerprint density at radius 3 is 2.59 bits per heavy atom. The van der Waals surface area contributed by atoms with Crippen LogP contribution in [0.4, 0.5) is 4.79 Å². The molecule has 6 heteroatoms. The van der Waals surface area contributed by atoms with Crippen LogP contribution in [0, 0.1) is 11.3 Å². The summed E-state index contributed by atoms with van der Waals surface area (Å²) in [5.74, 6) is 0.831. The van der Waals surface area contributed by atoms with Crippen molar-refractivity contribution in [3.8, 4) is 22.9 Å². The third-order valence-corrected chi connectivity index (χ3v) is 5.73. The van der Waals surface area contributed by atoms with E-state index in [9.17, 15) is 4.79 Å². The van der Waals surface area contributed by atoms with Gasteiger partial charge in [-0.1, -0.05) is 18.2 Å². The van der Waals surface area contributed by atoms with Gasteiger partial charge >= 0.3 is 6.09 Å². The minimum absolute atomic E-state index is 0.107. The lowest BCUT2D eigenvalue weighted by Gasteiger charge is -2.33. The van der Waals surface area contributed by atoms with E-state index in [0.29, 0.717) is 18.2 Å². The molecule has 1 saturated carbocycles. The average Bonchev–Trinajstić information content (AvgIpc) is 2.77. The number of nitrogens with zero attached hydrogens (tertiary/aromatic N) is 2. The molecule has 1 fully saturated rings. The summed E-state index contributed by atoms with van der Waals surface area (Å²) >= 11 is 0. The molecule has 2 aromatic rings. The number of nitrogens with one attached hydrogen (secondary N) is 1. The Bertz CT molecular complexity index is 898.